The second-order valence-electron chi connectivity index (χ2n) is 5.70. The molecule has 2 aliphatic heterocycles. The van der Waals surface area contributed by atoms with Crippen LogP contribution >= 0.6 is 0 Å². The molecular weight excluding hydrogens is 240 g/mol. The molecule has 0 aromatic rings. The molecule has 0 spiro atoms. The predicted octanol–water partition coefficient (Wildman–Crippen LogP) is 0.479. The van der Waals surface area contributed by atoms with Crippen LogP contribution in [-0.2, 0) is 4.79 Å². The highest BCUT2D eigenvalue weighted by Crippen LogP contribution is 2.17. The van der Waals surface area contributed by atoms with Crippen LogP contribution in [0.15, 0.2) is 0 Å². The first-order chi connectivity index (χ1) is 9.20. The lowest BCUT2D eigenvalue weighted by molar-refractivity contribution is -0.123. The topological polar surface area (TPSA) is 68.2 Å². The average Bonchev–Trinajstić information content (AvgIpc) is 2.98. The average molecular weight is 264 g/mol. The van der Waals surface area contributed by atoms with E-state index in [1.807, 2.05) is 6.92 Å². The lowest BCUT2D eigenvalue weighted by Crippen LogP contribution is -2.47. The molecule has 1 amide bonds. The van der Waals surface area contributed by atoms with Crippen molar-refractivity contribution in [2.75, 3.05) is 26.2 Å². The number of hydrogen-bond donors (Lipinski definition) is 2. The highest BCUT2D eigenvalue weighted by Gasteiger charge is 2.26. The number of nitrogens with one attached hydrogen (secondary N) is 2. The summed E-state index contributed by atoms with van der Waals surface area (Å²) in [5.41, 5.74) is 0. The van der Waals surface area contributed by atoms with E-state index >= 15 is 0 Å². The molecule has 0 aromatic carbocycles. The van der Waals surface area contributed by atoms with Gasteiger partial charge in [-0.3, -0.25) is 9.69 Å². The molecule has 5 heteroatoms. The zero-order chi connectivity index (χ0) is 13.7. The minimum Gasteiger partial charge on any atom is -0.354 e. The zero-order valence-corrected chi connectivity index (χ0v) is 11.7. The molecule has 2 heterocycles. The van der Waals surface area contributed by atoms with Crippen LogP contribution in [0.5, 0.6) is 0 Å². The lowest BCUT2D eigenvalue weighted by Gasteiger charge is -2.34. The number of piperidine rings is 1. The SMILES string of the molecule is CC(C#N)N1CCCC(CNC(=O)C2CCCN2)C1. The number of nitrogens with zero attached hydrogens (tertiary/aromatic N) is 2. The van der Waals surface area contributed by atoms with Crippen LogP contribution in [0.25, 0.3) is 0 Å². The van der Waals surface area contributed by atoms with Gasteiger partial charge in [0.05, 0.1) is 18.2 Å². The van der Waals surface area contributed by atoms with Gasteiger partial charge >= 0.3 is 0 Å². The largest absolute Gasteiger partial charge is 0.354 e. The van der Waals surface area contributed by atoms with Crippen LogP contribution < -0.4 is 10.6 Å². The molecule has 106 valence electrons. The summed E-state index contributed by atoms with van der Waals surface area (Å²) in [5, 5.41) is 15.2. The van der Waals surface area contributed by atoms with Crippen LogP contribution in [0.1, 0.15) is 32.6 Å². The maximum atomic E-state index is 11.9. The number of rotatable bonds is 4. The summed E-state index contributed by atoms with van der Waals surface area (Å²) in [6.07, 6.45) is 4.31. The Bertz CT molecular complexity index is 346. The number of hydrogen-bond acceptors (Lipinski definition) is 4. The van der Waals surface area contributed by atoms with Gasteiger partial charge in [0, 0.05) is 13.1 Å². The van der Waals surface area contributed by atoms with Gasteiger partial charge in [0.2, 0.25) is 5.91 Å². The van der Waals surface area contributed by atoms with Crippen LogP contribution in [-0.4, -0.2) is 49.1 Å². The number of nitriles is 1. The van der Waals surface area contributed by atoms with Crippen molar-refractivity contribution in [3.05, 3.63) is 0 Å². The number of carbonyl (C=O) groups excluding carboxylic acids is 1. The van der Waals surface area contributed by atoms with E-state index in [1.165, 1.54) is 0 Å². The third kappa shape index (κ3) is 3.92. The molecule has 2 rings (SSSR count). The van der Waals surface area contributed by atoms with E-state index in [0.29, 0.717) is 5.92 Å². The normalized spacial score (nSPS) is 29.7. The van der Waals surface area contributed by atoms with E-state index in [-0.39, 0.29) is 18.0 Å². The standard InChI is InChI=1S/C14H24N4O/c1-11(8-15)18-7-3-4-12(10-18)9-17-14(19)13-5-2-6-16-13/h11-13,16H,2-7,9-10H2,1H3,(H,17,19). The van der Waals surface area contributed by atoms with Crippen LogP contribution in [0.4, 0.5) is 0 Å². The molecule has 0 aliphatic carbocycles. The van der Waals surface area contributed by atoms with Crippen molar-refractivity contribution in [3.8, 4) is 6.07 Å². The predicted molar refractivity (Wildman–Crippen MR) is 73.4 cm³/mol. The molecular formula is C14H24N4O. The van der Waals surface area contributed by atoms with E-state index < -0.39 is 0 Å². The molecule has 3 unspecified atom stereocenters. The lowest BCUT2D eigenvalue weighted by atomic mass is 9.97. The summed E-state index contributed by atoms with van der Waals surface area (Å²) < 4.78 is 0. The van der Waals surface area contributed by atoms with Gasteiger partial charge in [-0.1, -0.05) is 0 Å². The summed E-state index contributed by atoms with van der Waals surface area (Å²) in [6, 6.07) is 2.29. The van der Waals surface area contributed by atoms with E-state index in [4.69, 9.17) is 5.26 Å². The Morgan fingerprint density at radius 3 is 3.05 bits per heavy atom. The van der Waals surface area contributed by atoms with Gasteiger partial charge in [-0.15, -0.1) is 0 Å². The molecule has 3 atom stereocenters. The van der Waals surface area contributed by atoms with Crippen molar-refractivity contribution in [2.45, 2.75) is 44.7 Å². The summed E-state index contributed by atoms with van der Waals surface area (Å²) in [6.45, 7) is 5.57. The summed E-state index contributed by atoms with van der Waals surface area (Å²) in [4.78, 5) is 14.1. The summed E-state index contributed by atoms with van der Waals surface area (Å²) in [7, 11) is 0. The minimum absolute atomic E-state index is 0.0118. The van der Waals surface area contributed by atoms with Crippen molar-refractivity contribution in [2.24, 2.45) is 5.92 Å². The maximum absolute atomic E-state index is 11.9. The van der Waals surface area contributed by atoms with E-state index in [2.05, 4.69) is 21.6 Å². The van der Waals surface area contributed by atoms with Crippen molar-refractivity contribution in [1.29, 1.82) is 5.26 Å². The van der Waals surface area contributed by atoms with Gasteiger partial charge in [0.1, 0.15) is 0 Å². The van der Waals surface area contributed by atoms with Crippen molar-refractivity contribution >= 4 is 5.91 Å². The Labute approximate surface area is 115 Å². The van der Waals surface area contributed by atoms with Gasteiger partial charge < -0.3 is 10.6 Å². The first-order valence-electron chi connectivity index (χ1n) is 7.35. The van der Waals surface area contributed by atoms with E-state index in [1.54, 1.807) is 0 Å². The Hall–Kier alpha value is -1.12. The minimum atomic E-state index is -0.0185. The molecule has 0 bridgehead atoms. The molecule has 2 aliphatic rings. The fourth-order valence-electron chi connectivity index (χ4n) is 2.97. The highest BCUT2D eigenvalue weighted by molar-refractivity contribution is 5.81. The Kier molecular flexibility index (Phi) is 5.17. The number of amides is 1. The molecule has 19 heavy (non-hydrogen) atoms. The summed E-state index contributed by atoms with van der Waals surface area (Å²) >= 11 is 0. The number of likely N-dealkylation sites (tertiary alicyclic amines) is 1. The van der Waals surface area contributed by atoms with Crippen LogP contribution in [0.3, 0.4) is 0 Å². The van der Waals surface area contributed by atoms with Crippen molar-refractivity contribution in [1.82, 2.24) is 15.5 Å². The first kappa shape index (κ1) is 14.3. The molecule has 0 saturated carbocycles. The fraction of sp³-hybridized carbons (Fsp3) is 0.857. The second-order valence-corrected chi connectivity index (χ2v) is 5.70. The molecule has 2 N–H and O–H groups in total. The van der Waals surface area contributed by atoms with Crippen LogP contribution in [0.2, 0.25) is 0 Å². The van der Waals surface area contributed by atoms with Gasteiger partial charge in [-0.25, -0.2) is 0 Å². The smallest absolute Gasteiger partial charge is 0.237 e. The van der Waals surface area contributed by atoms with Crippen molar-refractivity contribution in [3.63, 3.8) is 0 Å². The summed E-state index contributed by atoms with van der Waals surface area (Å²) in [5.74, 6) is 0.623. The second kappa shape index (κ2) is 6.88. The van der Waals surface area contributed by atoms with Gasteiger partial charge in [-0.05, 0) is 51.6 Å². The van der Waals surface area contributed by atoms with E-state index in [9.17, 15) is 4.79 Å². The fourth-order valence-corrected chi connectivity index (χ4v) is 2.97. The van der Waals surface area contributed by atoms with Crippen molar-refractivity contribution < 1.29 is 4.79 Å². The molecule has 0 aromatic heterocycles. The van der Waals surface area contributed by atoms with Crippen LogP contribution in [0, 0.1) is 17.2 Å². The first-order valence-corrected chi connectivity index (χ1v) is 7.35. The Balaban J connectivity index is 1.73. The number of carbonyl (C=O) groups is 1. The van der Waals surface area contributed by atoms with Gasteiger partial charge in [0.25, 0.3) is 0 Å². The Morgan fingerprint density at radius 2 is 2.37 bits per heavy atom. The zero-order valence-electron chi connectivity index (χ0n) is 11.7. The van der Waals surface area contributed by atoms with Gasteiger partial charge in [0.15, 0.2) is 0 Å². The third-order valence-electron chi connectivity index (χ3n) is 4.23. The molecule has 2 saturated heterocycles. The molecule has 2 fully saturated rings. The highest BCUT2D eigenvalue weighted by atomic mass is 16.2. The quantitative estimate of drug-likeness (QED) is 0.775. The molecule has 5 nitrogen and oxygen atoms in total. The third-order valence-corrected chi connectivity index (χ3v) is 4.23. The Morgan fingerprint density at radius 1 is 1.53 bits per heavy atom. The maximum Gasteiger partial charge on any atom is 0.237 e. The van der Waals surface area contributed by atoms with E-state index in [0.717, 1.165) is 51.9 Å². The monoisotopic (exact) mass is 264 g/mol. The molecule has 0 radical (unpaired) electrons. The van der Waals surface area contributed by atoms with Gasteiger partial charge in [-0.2, -0.15) is 5.26 Å².